The molecule has 1 fully saturated rings. The van der Waals surface area contributed by atoms with Crippen LogP contribution in [0.2, 0.25) is 0 Å². The summed E-state index contributed by atoms with van der Waals surface area (Å²) in [6.07, 6.45) is 2.49. The van der Waals surface area contributed by atoms with Crippen LogP contribution >= 0.6 is 11.3 Å². The number of likely N-dealkylation sites (tertiary alicyclic amines) is 1. The number of nitrogens with zero attached hydrogens (tertiary/aromatic N) is 3. The lowest BCUT2D eigenvalue weighted by atomic mass is 10.0. The normalized spacial score (nSPS) is 16.4. The van der Waals surface area contributed by atoms with Crippen molar-refractivity contribution in [2.75, 3.05) is 25.5 Å². The van der Waals surface area contributed by atoms with Gasteiger partial charge in [-0.1, -0.05) is 13.8 Å². The molecular formula is C19H29N5OS. The number of carbonyl (C=O) groups is 1. The van der Waals surface area contributed by atoms with Gasteiger partial charge in [0.15, 0.2) is 0 Å². The molecule has 1 saturated heterocycles. The summed E-state index contributed by atoms with van der Waals surface area (Å²) in [6, 6.07) is -0.322. The van der Waals surface area contributed by atoms with E-state index in [1.54, 1.807) is 18.4 Å². The zero-order valence-corrected chi connectivity index (χ0v) is 17.2. The summed E-state index contributed by atoms with van der Waals surface area (Å²) in [5, 5.41) is 7.22. The molecule has 0 aromatic carbocycles. The second-order valence-corrected chi connectivity index (χ2v) is 8.62. The van der Waals surface area contributed by atoms with Crippen LogP contribution in [0.1, 0.15) is 43.0 Å². The topological polar surface area (TPSA) is 70.2 Å². The number of nitrogens with one attached hydrogen (secondary N) is 2. The monoisotopic (exact) mass is 375 g/mol. The highest BCUT2D eigenvalue weighted by atomic mass is 32.1. The molecule has 1 atom stereocenters. The summed E-state index contributed by atoms with van der Waals surface area (Å²) < 4.78 is 0. The Morgan fingerprint density at radius 2 is 1.92 bits per heavy atom. The first kappa shape index (κ1) is 19.0. The van der Waals surface area contributed by atoms with E-state index in [-0.39, 0.29) is 17.9 Å². The minimum atomic E-state index is -0.322. The molecule has 2 aromatic rings. The molecule has 7 heteroatoms. The summed E-state index contributed by atoms with van der Waals surface area (Å²) in [4.78, 5) is 26.6. The Balaban J connectivity index is 2.01. The first-order valence-electron chi connectivity index (χ1n) is 9.37. The number of aromatic nitrogens is 2. The predicted octanol–water partition coefficient (Wildman–Crippen LogP) is 3.09. The van der Waals surface area contributed by atoms with Gasteiger partial charge >= 0.3 is 0 Å². The van der Waals surface area contributed by atoms with Crippen LogP contribution in [-0.4, -0.2) is 47.0 Å². The third-order valence-corrected chi connectivity index (χ3v) is 6.23. The van der Waals surface area contributed by atoms with Gasteiger partial charge in [0.1, 0.15) is 22.5 Å². The van der Waals surface area contributed by atoms with Crippen molar-refractivity contribution in [3.05, 3.63) is 16.3 Å². The maximum Gasteiger partial charge on any atom is 0.242 e. The Bertz CT molecular complexity index is 795. The van der Waals surface area contributed by atoms with Crippen molar-refractivity contribution in [2.45, 2.75) is 53.1 Å². The molecule has 1 unspecified atom stereocenters. The number of aryl methyl sites for hydroxylation is 2. The van der Waals surface area contributed by atoms with Crippen molar-refractivity contribution in [3.8, 4) is 0 Å². The number of fused-ring (bicyclic) bond motifs is 1. The number of carbonyl (C=O) groups excluding carboxylic acids is 1. The van der Waals surface area contributed by atoms with Crippen LogP contribution in [0.25, 0.3) is 10.2 Å². The van der Waals surface area contributed by atoms with Crippen LogP contribution in [0.4, 0.5) is 5.82 Å². The van der Waals surface area contributed by atoms with Crippen LogP contribution in [0.15, 0.2) is 0 Å². The van der Waals surface area contributed by atoms with E-state index in [0.29, 0.717) is 0 Å². The van der Waals surface area contributed by atoms with Crippen LogP contribution < -0.4 is 10.6 Å². The molecule has 0 radical (unpaired) electrons. The van der Waals surface area contributed by atoms with Crippen molar-refractivity contribution in [3.63, 3.8) is 0 Å². The fourth-order valence-electron chi connectivity index (χ4n) is 3.45. The van der Waals surface area contributed by atoms with E-state index in [0.717, 1.165) is 41.5 Å². The molecule has 1 aliphatic rings. The highest BCUT2D eigenvalue weighted by Crippen LogP contribution is 2.34. The molecule has 1 amide bonds. The van der Waals surface area contributed by atoms with Crippen LogP contribution in [0.3, 0.4) is 0 Å². The number of amides is 1. The van der Waals surface area contributed by atoms with Crippen molar-refractivity contribution in [1.29, 1.82) is 0 Å². The lowest BCUT2D eigenvalue weighted by Gasteiger charge is -2.22. The zero-order chi connectivity index (χ0) is 18.8. The minimum Gasteiger partial charge on any atom is -0.358 e. The number of hydrogen-bond donors (Lipinski definition) is 2. The first-order chi connectivity index (χ1) is 12.4. The van der Waals surface area contributed by atoms with Crippen LogP contribution in [0.5, 0.6) is 0 Å². The summed E-state index contributed by atoms with van der Waals surface area (Å²) >= 11 is 1.70. The number of rotatable bonds is 6. The second-order valence-electron chi connectivity index (χ2n) is 7.42. The SMILES string of the molecule is CNC(=O)C(Nc1nc(CN2CCCC2)nc2sc(C)c(C)c12)C(C)C. The van der Waals surface area contributed by atoms with Crippen LogP contribution in [0, 0.1) is 19.8 Å². The third kappa shape index (κ3) is 3.83. The number of hydrogen-bond acceptors (Lipinski definition) is 6. The van der Waals surface area contributed by atoms with Gasteiger partial charge in [0.25, 0.3) is 0 Å². The Morgan fingerprint density at radius 1 is 1.23 bits per heavy atom. The Hall–Kier alpha value is -1.73. The molecule has 0 saturated carbocycles. The molecule has 6 nitrogen and oxygen atoms in total. The first-order valence-corrected chi connectivity index (χ1v) is 10.2. The predicted molar refractivity (Wildman–Crippen MR) is 108 cm³/mol. The van der Waals surface area contributed by atoms with Gasteiger partial charge in [0, 0.05) is 11.9 Å². The fraction of sp³-hybridized carbons (Fsp3) is 0.632. The van der Waals surface area contributed by atoms with E-state index in [4.69, 9.17) is 9.97 Å². The summed E-state index contributed by atoms with van der Waals surface area (Å²) in [6.45, 7) is 11.3. The molecule has 0 bridgehead atoms. The maximum atomic E-state index is 12.3. The number of thiophene rings is 1. The molecule has 1 aliphatic heterocycles. The van der Waals surface area contributed by atoms with Crippen molar-refractivity contribution in [1.82, 2.24) is 20.2 Å². The lowest BCUT2D eigenvalue weighted by molar-refractivity contribution is -0.122. The van der Waals surface area contributed by atoms with Crippen molar-refractivity contribution >= 4 is 33.3 Å². The molecule has 142 valence electrons. The van der Waals surface area contributed by atoms with Gasteiger partial charge in [0.2, 0.25) is 5.91 Å². The largest absolute Gasteiger partial charge is 0.358 e. The van der Waals surface area contributed by atoms with Gasteiger partial charge in [-0.25, -0.2) is 9.97 Å². The quantitative estimate of drug-likeness (QED) is 0.812. The Labute approximate surface area is 159 Å². The molecule has 3 heterocycles. The van der Waals surface area contributed by atoms with Gasteiger partial charge in [-0.15, -0.1) is 11.3 Å². The molecular weight excluding hydrogens is 346 g/mol. The van der Waals surface area contributed by atoms with E-state index in [1.165, 1.54) is 23.3 Å². The molecule has 0 aliphatic carbocycles. The fourth-order valence-corrected chi connectivity index (χ4v) is 4.50. The molecule has 0 spiro atoms. The van der Waals surface area contributed by atoms with E-state index in [2.05, 4.69) is 29.4 Å². The zero-order valence-electron chi connectivity index (χ0n) is 16.3. The van der Waals surface area contributed by atoms with Gasteiger partial charge in [-0.2, -0.15) is 0 Å². The van der Waals surface area contributed by atoms with Gasteiger partial charge in [-0.05, 0) is 51.3 Å². The molecule has 3 rings (SSSR count). The standard InChI is InChI=1S/C19H29N5OS/c1-11(2)16(18(25)20-5)23-17-15-12(3)13(4)26-19(15)22-14(21-17)10-24-8-6-7-9-24/h11,16H,6-10H2,1-5H3,(H,20,25)(H,21,22,23). The van der Waals surface area contributed by atoms with E-state index in [1.807, 2.05) is 13.8 Å². The van der Waals surface area contributed by atoms with Crippen molar-refractivity contribution < 1.29 is 4.79 Å². The second kappa shape index (κ2) is 7.88. The number of anilines is 1. The average molecular weight is 376 g/mol. The molecule has 26 heavy (non-hydrogen) atoms. The van der Waals surface area contributed by atoms with E-state index >= 15 is 0 Å². The van der Waals surface area contributed by atoms with E-state index in [9.17, 15) is 4.79 Å². The summed E-state index contributed by atoms with van der Waals surface area (Å²) in [5.41, 5.74) is 1.19. The average Bonchev–Trinajstić information content (AvgIpc) is 3.20. The van der Waals surface area contributed by atoms with Gasteiger partial charge < -0.3 is 10.6 Å². The molecule has 2 N–H and O–H groups in total. The Kier molecular flexibility index (Phi) is 5.77. The highest BCUT2D eigenvalue weighted by Gasteiger charge is 2.24. The van der Waals surface area contributed by atoms with Gasteiger partial charge in [-0.3, -0.25) is 9.69 Å². The van der Waals surface area contributed by atoms with Crippen molar-refractivity contribution in [2.24, 2.45) is 5.92 Å². The summed E-state index contributed by atoms with van der Waals surface area (Å²) in [5.74, 6) is 1.76. The van der Waals surface area contributed by atoms with E-state index < -0.39 is 0 Å². The maximum absolute atomic E-state index is 12.3. The number of likely N-dealkylation sites (N-methyl/N-ethyl adjacent to an activating group) is 1. The van der Waals surface area contributed by atoms with Gasteiger partial charge in [0.05, 0.1) is 11.9 Å². The lowest BCUT2D eigenvalue weighted by Crippen LogP contribution is -2.41. The smallest absolute Gasteiger partial charge is 0.242 e. The Morgan fingerprint density at radius 3 is 2.54 bits per heavy atom. The highest BCUT2D eigenvalue weighted by molar-refractivity contribution is 7.18. The third-order valence-electron chi connectivity index (χ3n) is 5.13. The molecule has 2 aromatic heterocycles. The summed E-state index contributed by atoms with van der Waals surface area (Å²) in [7, 11) is 1.67. The van der Waals surface area contributed by atoms with Crippen LogP contribution in [-0.2, 0) is 11.3 Å². The minimum absolute atomic E-state index is 0.0162.